The number of carboxylic acid groups (broad SMARTS) is 1. The molecule has 0 spiro atoms. The molecule has 0 aliphatic carbocycles. The highest BCUT2D eigenvalue weighted by Gasteiger charge is 2.41. The predicted octanol–water partition coefficient (Wildman–Crippen LogP) is 26.0. The molecular formula is C112H126Cl3IN12O12S3. The van der Waals surface area contributed by atoms with Crippen LogP contribution < -0.4 is 0 Å². The van der Waals surface area contributed by atoms with Crippen molar-refractivity contribution in [3.63, 3.8) is 0 Å². The lowest BCUT2D eigenvalue weighted by Gasteiger charge is -2.41. The summed E-state index contributed by atoms with van der Waals surface area (Å²) in [4.78, 5) is 60.9. The first-order valence-corrected chi connectivity index (χ1v) is 53.5. The average Bonchev–Trinajstić information content (AvgIpc) is 1.57. The van der Waals surface area contributed by atoms with Gasteiger partial charge >= 0.3 is 17.9 Å². The van der Waals surface area contributed by atoms with Gasteiger partial charge in [-0.25, -0.2) is 29.3 Å². The number of hydrogen-bond acceptors (Lipinski definition) is 23. The fourth-order valence-corrected chi connectivity index (χ4v) is 24.2. The van der Waals surface area contributed by atoms with Crippen molar-refractivity contribution in [3.05, 3.63) is 211 Å². The Hall–Kier alpha value is -9.29. The number of thiazole rings is 3. The molecule has 6 aliphatic rings. The number of carbonyl (C=O) groups is 3. The second-order valence-corrected chi connectivity index (χ2v) is 45.0. The summed E-state index contributed by atoms with van der Waals surface area (Å²) >= 11 is 24.9. The minimum atomic E-state index is -2.42. The van der Waals surface area contributed by atoms with Crippen LogP contribution in [0.5, 0.6) is 0 Å². The topological polar surface area (TPSA) is 258 Å². The Kier molecular flexibility index (Phi) is 28.2. The monoisotopic (exact) mass is 2170 g/mol. The third kappa shape index (κ3) is 22.5. The van der Waals surface area contributed by atoms with E-state index in [-0.39, 0.29) is 25.0 Å². The molecule has 15 aromatic rings. The summed E-state index contributed by atoms with van der Waals surface area (Å²) in [7, 11) is 0. The second-order valence-electron chi connectivity index (χ2n) is 40.7. The zero-order valence-electron chi connectivity index (χ0n) is 91.8. The number of ether oxygens (including phenoxy) is 8. The number of benzene rings is 9. The van der Waals surface area contributed by atoms with E-state index >= 15 is 0 Å². The third-order valence-corrected chi connectivity index (χ3v) is 31.7. The van der Waals surface area contributed by atoms with Crippen molar-refractivity contribution in [2.45, 2.75) is 206 Å². The summed E-state index contributed by atoms with van der Waals surface area (Å²) in [6.07, 6.45) is 2.69. The number of nitrogens with one attached hydrogen (secondary N) is 1. The van der Waals surface area contributed by atoms with Crippen molar-refractivity contribution in [2.75, 3.05) is 97.0 Å². The van der Waals surface area contributed by atoms with E-state index in [2.05, 4.69) is 49.2 Å². The number of piperidine rings is 3. The van der Waals surface area contributed by atoms with E-state index in [9.17, 15) is 19.5 Å². The molecule has 0 radical (unpaired) electrons. The summed E-state index contributed by atoms with van der Waals surface area (Å²) in [5, 5.41) is 35.0. The fourth-order valence-electron chi connectivity index (χ4n) is 20.5. The van der Waals surface area contributed by atoms with Crippen molar-refractivity contribution in [1.29, 1.82) is 0 Å². The number of carbonyl (C=O) groups excluding carboxylic acids is 2. The van der Waals surface area contributed by atoms with E-state index in [0.717, 1.165) is 274 Å². The van der Waals surface area contributed by atoms with Gasteiger partial charge in [0.2, 0.25) is 0 Å². The Morgan fingerprint density at radius 1 is 0.448 bits per heavy atom. The van der Waals surface area contributed by atoms with Crippen LogP contribution in [-0.4, -0.2) is 214 Å². The van der Waals surface area contributed by atoms with Gasteiger partial charge in [0.15, 0.2) is 18.3 Å². The van der Waals surface area contributed by atoms with Gasteiger partial charge in [0.1, 0.15) is 15.0 Å². The number of H-pyrrole nitrogens is 1. The number of alkyl halides is 1. The average molecular weight is 2170 g/mol. The van der Waals surface area contributed by atoms with Gasteiger partial charge < -0.3 is 43.0 Å². The lowest BCUT2D eigenvalue weighted by atomic mass is 9.90. The number of halogens is 4. The lowest BCUT2D eigenvalue weighted by Crippen LogP contribution is -2.51. The first-order valence-electron chi connectivity index (χ1n) is 53.4. The van der Waals surface area contributed by atoms with Crippen molar-refractivity contribution in [2.24, 2.45) is 14.0 Å². The van der Waals surface area contributed by atoms with E-state index < -0.39 is 71.8 Å². The van der Waals surface area contributed by atoms with Gasteiger partial charge in [0.25, 0.3) is 0 Å². The zero-order valence-corrected chi connectivity index (χ0v) is 89.7. The molecule has 3 atom stereocenters. The molecule has 6 aliphatic heterocycles. The number of aryl methyl sites for hydroxylation is 5. The maximum absolute atomic E-state index is 13.6. The smallest absolute Gasteiger partial charge is 0.339 e. The molecule has 752 valence electrons. The van der Waals surface area contributed by atoms with Crippen LogP contribution >= 0.6 is 91.4 Å². The largest absolute Gasteiger partial charge is 0.479 e. The van der Waals surface area contributed by atoms with Gasteiger partial charge in [-0.1, -0.05) is 93.8 Å². The van der Waals surface area contributed by atoms with E-state index in [1.807, 2.05) is 199 Å². The molecule has 6 saturated heterocycles. The number of esters is 2. The molecule has 31 heteroatoms. The van der Waals surface area contributed by atoms with E-state index in [4.69, 9.17) is 110 Å². The molecule has 0 saturated carbocycles. The Balaban J connectivity index is 0.000000145. The molecule has 0 amide bonds. The minimum Gasteiger partial charge on any atom is -0.479 e. The summed E-state index contributed by atoms with van der Waals surface area (Å²) < 4.78 is 120. The van der Waals surface area contributed by atoms with E-state index in [1.165, 1.54) is 60.3 Å². The SMILES string of the molecule is CCOC(=O)[C@@H](OC(C)(C)C)c1c(C)cc2nc(-c3ccc4n[nH]c(C5CCN(C6COC6)CC5)c4c3)sc2c1-c1ccc(Cl)cc1.[2H]C([2H])([2H])I.[2H]C([2H])([2H])n1nc(C2CCN(C3COC3)CC2)c2cc(-c3nc4cc(C)c([C@H](OC(C)(C)C)C(=O)O)c(-c5ccc(Cl)cc5)c4s3)ccc21.[2H]C([2H])([2H])n1nc(C2CCN(C3COC3)CC2)c2cc(-c3nc4cc(C)c([C@H](OC(C)(C)C)C(=O)OCC)c(-c5ccc(Cl)cc5)c4s3)ccc21. The first-order chi connectivity index (χ1) is 72.0. The maximum Gasteiger partial charge on any atom is 0.339 e. The highest BCUT2D eigenvalue weighted by molar-refractivity contribution is 14.1. The van der Waals surface area contributed by atoms with Crippen LogP contribution in [0.4, 0.5) is 0 Å². The van der Waals surface area contributed by atoms with Gasteiger partial charge in [-0.3, -0.25) is 29.2 Å². The van der Waals surface area contributed by atoms with Gasteiger partial charge in [0.05, 0.1) is 146 Å². The standard InChI is InChI=1S/C38H43ClN4O4S.C37H41ClN4O4S.C36H39ClN4O4S.CH3I/c1-7-46-37(44)34(47-38(3,4)5)31-22(2)18-29-35(32(31)23-8-11-26(39)12-9-23)48-36(40-29)25-10-13-30-28(19-25)33(41-42(30)6)24-14-16-43(17-15-24)27-20-45-21-27;1-6-45-36(43)33(46-37(3,4)5)30-21(2)17-29-34(31(30)22-7-10-25(38)11-8-22)47-35(39-29)24-9-12-28-27(18-24)32(41-40-28)23-13-15-42(16-14-23)26-19-44-20-26;1-20-16-27-33(30(21-6-9-24(37)10-7-21)29(20)32(35(42)43)45-36(2,3)4)46-34(38-27)23-8-11-28-26(17-23)31(39-40(28)5)22-12-14-41(15-13-22)25-18-44-19-25;1-2/h8-13,18-19,24,27,34H,7,14-17,20-21H2,1-6H3;7-12,17-18,23,26,33H,6,13-16,19-20H2,1-5H3,(H,40,41);6-11,16-17,22,25,32H,12-15,18-19H2,1-5H3,(H,42,43);1H3/t34-;33-;32-;/m000./s1/i6D3;;5D3;1D3. The number of aliphatic carboxylic acids is 1. The summed E-state index contributed by atoms with van der Waals surface area (Å²) in [5.74, 6) is -1.23. The molecule has 9 aromatic carbocycles. The van der Waals surface area contributed by atoms with Crippen LogP contribution in [0.3, 0.4) is 0 Å². The Bertz CT molecular complexity index is 7550. The summed E-state index contributed by atoms with van der Waals surface area (Å²) in [6.45, 7) is 32.9. The molecule has 6 fully saturated rings. The number of fused-ring (bicyclic) bond motifs is 6. The highest BCUT2D eigenvalue weighted by atomic mass is 127. The molecule has 143 heavy (non-hydrogen) atoms. The van der Waals surface area contributed by atoms with Crippen LogP contribution in [0.15, 0.2) is 146 Å². The first kappa shape index (κ1) is 92.3. The number of nitrogens with zero attached hydrogens (tertiary/aromatic N) is 11. The normalized spacial score (nSPS) is 18.3. The van der Waals surface area contributed by atoms with Crippen molar-refractivity contribution >= 4 is 173 Å². The van der Waals surface area contributed by atoms with Crippen molar-refractivity contribution in [1.82, 2.24) is 59.4 Å². The molecule has 6 aromatic heterocycles. The molecular weight excluding hydrogens is 2030 g/mol. The van der Waals surface area contributed by atoms with Crippen LogP contribution in [-0.2, 0) is 66.2 Å². The Morgan fingerprint density at radius 3 is 1.06 bits per heavy atom. The van der Waals surface area contributed by atoms with Crippen LogP contribution in [0.1, 0.15) is 214 Å². The maximum atomic E-state index is 13.6. The minimum absolute atomic E-state index is 0.131. The third-order valence-electron chi connectivity index (χ3n) is 27.5. The summed E-state index contributed by atoms with van der Waals surface area (Å²) in [5.41, 5.74) is 17.9. The number of carboxylic acids is 1. The van der Waals surface area contributed by atoms with E-state index in [1.54, 1.807) is 30.4 Å². The quantitative estimate of drug-likeness (QED) is 0.0343. The van der Waals surface area contributed by atoms with Gasteiger partial charge in [-0.05, 0) is 322 Å². The molecule has 0 unspecified atom stereocenters. The highest BCUT2D eigenvalue weighted by Crippen LogP contribution is 2.52. The van der Waals surface area contributed by atoms with Crippen LogP contribution in [0.2, 0.25) is 15.1 Å². The van der Waals surface area contributed by atoms with Crippen molar-refractivity contribution in [3.8, 4) is 65.1 Å². The van der Waals surface area contributed by atoms with Crippen molar-refractivity contribution < 1.29 is 69.7 Å². The zero-order chi connectivity index (χ0) is 108. The van der Waals surface area contributed by atoms with Gasteiger partial charge in [0, 0.05) is 131 Å². The Morgan fingerprint density at radius 2 is 0.755 bits per heavy atom. The number of aromatic amines is 1. The molecule has 12 heterocycles. The van der Waals surface area contributed by atoms with Gasteiger partial charge in [-0.15, -0.1) is 34.0 Å². The number of likely N-dealkylation sites (tertiary alicyclic amines) is 3. The number of aromatic nitrogens is 9. The van der Waals surface area contributed by atoms with Crippen LogP contribution in [0.25, 0.3) is 128 Å². The second kappa shape index (κ2) is 43.6. The number of hydrogen-bond donors (Lipinski definition) is 2. The Labute approximate surface area is 888 Å². The van der Waals surface area contributed by atoms with E-state index in [0.29, 0.717) is 55.7 Å². The summed E-state index contributed by atoms with van der Waals surface area (Å²) in [6, 6.07) is 48.1. The molecule has 0 bridgehead atoms. The predicted molar refractivity (Wildman–Crippen MR) is 585 cm³/mol. The van der Waals surface area contributed by atoms with Gasteiger partial charge in [-0.2, -0.15) is 15.3 Å². The lowest BCUT2D eigenvalue weighted by molar-refractivity contribution is -0.167. The molecule has 24 nitrogen and oxygen atoms in total. The van der Waals surface area contributed by atoms with Crippen LogP contribution in [0, 0.1) is 20.8 Å². The fraction of sp³-hybridized carbons (Fsp3) is 0.438. The molecule has 21 rings (SSSR count). The number of rotatable bonds is 23. The molecule has 2 N–H and O–H groups in total.